The fourth-order valence-electron chi connectivity index (χ4n) is 3.71. The van der Waals surface area contributed by atoms with E-state index in [4.69, 9.17) is 13.9 Å². The maximum Gasteiger partial charge on any atom is 0.243 e. The third-order valence-corrected chi connectivity index (χ3v) is 7.90. The number of aromatic nitrogens is 3. The van der Waals surface area contributed by atoms with E-state index in [9.17, 15) is 17.9 Å². The Bertz CT molecular complexity index is 1520. The van der Waals surface area contributed by atoms with Gasteiger partial charge in [-0.15, -0.1) is 10.2 Å². The summed E-state index contributed by atoms with van der Waals surface area (Å²) in [5.41, 5.74) is 0.145. The number of aryl methyl sites for hydroxylation is 1. The second kappa shape index (κ2) is 10.5. The molecule has 0 saturated heterocycles. The second-order valence-corrected chi connectivity index (χ2v) is 11.0. The monoisotopic (exact) mass is 594 g/mol. The van der Waals surface area contributed by atoms with Gasteiger partial charge in [0, 0.05) is 10.0 Å². The molecule has 0 amide bonds. The van der Waals surface area contributed by atoms with Gasteiger partial charge in [-0.25, -0.2) is 12.8 Å². The van der Waals surface area contributed by atoms with Gasteiger partial charge in [0.05, 0.1) is 14.2 Å². The number of para-hydroxylation sites is 1. The van der Waals surface area contributed by atoms with Gasteiger partial charge in [-0.2, -0.15) is 0 Å². The van der Waals surface area contributed by atoms with Crippen molar-refractivity contribution in [1.82, 2.24) is 14.8 Å². The molecule has 2 atom stereocenters. The highest BCUT2D eigenvalue weighted by Crippen LogP contribution is 2.38. The number of hydrogen-bond donors (Lipinski definition) is 2. The van der Waals surface area contributed by atoms with Crippen LogP contribution in [0, 0.1) is 12.7 Å². The van der Waals surface area contributed by atoms with Crippen LogP contribution in [0.1, 0.15) is 24.4 Å². The first-order valence-corrected chi connectivity index (χ1v) is 13.3. The molecule has 2 N–H and O–H groups in total. The number of methoxy groups -OCH3 is 2. The molecule has 0 aliphatic rings. The lowest BCUT2D eigenvalue weighted by molar-refractivity contribution is 0.171. The summed E-state index contributed by atoms with van der Waals surface area (Å²) in [6.45, 7) is 3.01. The zero-order valence-electron chi connectivity index (χ0n) is 20.3. The first kappa shape index (κ1) is 26.6. The molecule has 13 heteroatoms. The van der Waals surface area contributed by atoms with E-state index in [1.54, 1.807) is 37.3 Å². The van der Waals surface area contributed by atoms with Crippen molar-refractivity contribution in [1.29, 1.82) is 0 Å². The Morgan fingerprint density at radius 1 is 1.11 bits per heavy atom. The SMILES string of the molecule is COc1cccc(OC)c1-n1c(NS(=O)(=O)[C@@H](C)[C@H](O)c2ccc(Br)cc2F)nnc1-c1ccc(C)o1. The molecule has 4 rings (SSSR count). The number of nitrogens with one attached hydrogen (secondary N) is 1. The van der Waals surface area contributed by atoms with Gasteiger partial charge in [0.25, 0.3) is 0 Å². The summed E-state index contributed by atoms with van der Waals surface area (Å²) in [6, 6.07) is 12.4. The molecule has 0 bridgehead atoms. The molecule has 0 unspecified atom stereocenters. The quantitative estimate of drug-likeness (QED) is 0.287. The fraction of sp³-hybridized carbons (Fsp3) is 0.250. The highest BCUT2D eigenvalue weighted by molar-refractivity contribution is 9.10. The van der Waals surface area contributed by atoms with Crippen LogP contribution in [-0.2, 0) is 10.0 Å². The molecule has 196 valence electrons. The van der Waals surface area contributed by atoms with Crippen molar-refractivity contribution >= 4 is 31.9 Å². The van der Waals surface area contributed by atoms with E-state index in [1.165, 1.54) is 37.8 Å². The van der Waals surface area contributed by atoms with E-state index >= 15 is 0 Å². The molecule has 0 aliphatic heterocycles. The molecule has 0 aliphatic carbocycles. The van der Waals surface area contributed by atoms with Gasteiger partial charge in [0.2, 0.25) is 21.8 Å². The summed E-state index contributed by atoms with van der Waals surface area (Å²) in [5.74, 6) is 0.799. The van der Waals surface area contributed by atoms with E-state index in [1.807, 2.05) is 0 Å². The van der Waals surface area contributed by atoms with Crippen LogP contribution in [0.5, 0.6) is 11.5 Å². The highest BCUT2D eigenvalue weighted by Gasteiger charge is 2.34. The predicted molar refractivity (Wildman–Crippen MR) is 138 cm³/mol. The minimum atomic E-state index is -4.33. The Balaban J connectivity index is 1.82. The molecule has 0 radical (unpaired) electrons. The molecule has 0 saturated carbocycles. The summed E-state index contributed by atoms with van der Waals surface area (Å²) < 4.78 is 62.1. The van der Waals surface area contributed by atoms with Crippen LogP contribution in [0.15, 0.2) is 57.4 Å². The first-order chi connectivity index (χ1) is 17.6. The van der Waals surface area contributed by atoms with Crippen molar-refractivity contribution in [3.05, 3.63) is 70.1 Å². The minimum absolute atomic E-state index is 0.166. The Kier molecular flexibility index (Phi) is 7.57. The summed E-state index contributed by atoms with van der Waals surface area (Å²) in [4.78, 5) is 0. The number of hydrogen-bond acceptors (Lipinski definition) is 8. The third kappa shape index (κ3) is 5.20. The van der Waals surface area contributed by atoms with Crippen molar-refractivity contribution in [2.24, 2.45) is 0 Å². The zero-order chi connectivity index (χ0) is 26.9. The van der Waals surface area contributed by atoms with Gasteiger partial charge < -0.3 is 19.0 Å². The summed E-state index contributed by atoms with van der Waals surface area (Å²) in [7, 11) is -1.43. The number of furan rings is 1. The molecule has 4 aromatic rings. The van der Waals surface area contributed by atoms with Crippen LogP contribution in [0.3, 0.4) is 0 Å². The lowest BCUT2D eigenvalue weighted by atomic mass is 10.1. The van der Waals surface area contributed by atoms with Crippen molar-refractivity contribution in [3.63, 3.8) is 0 Å². The Hall–Kier alpha value is -3.42. The van der Waals surface area contributed by atoms with Crippen LogP contribution in [0.2, 0.25) is 0 Å². The number of benzene rings is 2. The standard InChI is InChI=1S/C24H24BrFN4O6S/c1-13-8-11-20(36-13)23-27-28-24(30(23)21-18(34-3)6-5-7-19(21)35-4)29-37(32,33)14(2)22(31)16-10-9-15(25)12-17(16)26/h5-12,14,22,31H,1-4H3,(H,28,29)/t14-,22-/m0/s1. The van der Waals surface area contributed by atoms with Gasteiger partial charge in [-0.3, -0.25) is 9.29 Å². The van der Waals surface area contributed by atoms with Gasteiger partial charge in [-0.1, -0.05) is 28.1 Å². The lowest BCUT2D eigenvalue weighted by Crippen LogP contribution is -2.32. The van der Waals surface area contributed by atoms with Crippen LogP contribution in [0.4, 0.5) is 10.3 Å². The minimum Gasteiger partial charge on any atom is -0.494 e. The number of nitrogens with zero attached hydrogens (tertiary/aromatic N) is 3. The largest absolute Gasteiger partial charge is 0.494 e. The molecule has 2 aromatic carbocycles. The summed E-state index contributed by atoms with van der Waals surface area (Å²) in [6.07, 6.45) is -1.67. The lowest BCUT2D eigenvalue weighted by Gasteiger charge is -2.22. The Morgan fingerprint density at radius 3 is 2.35 bits per heavy atom. The molecule has 10 nitrogen and oxygen atoms in total. The van der Waals surface area contributed by atoms with Gasteiger partial charge in [0.1, 0.15) is 40.1 Å². The predicted octanol–water partition coefficient (Wildman–Crippen LogP) is 4.62. The topological polar surface area (TPSA) is 129 Å². The van der Waals surface area contributed by atoms with Crippen LogP contribution in [0.25, 0.3) is 17.3 Å². The number of anilines is 1. The molecule has 37 heavy (non-hydrogen) atoms. The summed E-state index contributed by atoms with van der Waals surface area (Å²) >= 11 is 3.14. The summed E-state index contributed by atoms with van der Waals surface area (Å²) in [5, 5.41) is 17.5. The molecule has 0 fully saturated rings. The van der Waals surface area contributed by atoms with E-state index in [0.29, 0.717) is 33.2 Å². The van der Waals surface area contributed by atoms with Crippen molar-refractivity contribution < 1.29 is 31.8 Å². The first-order valence-electron chi connectivity index (χ1n) is 11.0. The molecular formula is C24H24BrFN4O6S. The van der Waals surface area contributed by atoms with Gasteiger partial charge in [-0.05, 0) is 50.2 Å². The Labute approximate surface area is 221 Å². The van der Waals surface area contributed by atoms with Gasteiger partial charge in [0.15, 0.2) is 5.76 Å². The van der Waals surface area contributed by atoms with Crippen LogP contribution >= 0.6 is 15.9 Å². The van der Waals surface area contributed by atoms with Crippen molar-refractivity contribution in [3.8, 4) is 28.8 Å². The number of aliphatic hydroxyl groups excluding tert-OH is 1. The molecule has 2 heterocycles. The van der Waals surface area contributed by atoms with Crippen molar-refractivity contribution in [2.45, 2.75) is 25.2 Å². The third-order valence-electron chi connectivity index (χ3n) is 5.70. The van der Waals surface area contributed by atoms with E-state index in [0.717, 1.165) is 6.07 Å². The average molecular weight is 595 g/mol. The van der Waals surface area contributed by atoms with E-state index in [2.05, 4.69) is 30.8 Å². The number of rotatable bonds is 9. The fourth-order valence-corrected chi connectivity index (χ4v) is 5.10. The van der Waals surface area contributed by atoms with E-state index < -0.39 is 27.2 Å². The molecular weight excluding hydrogens is 571 g/mol. The average Bonchev–Trinajstić information content (AvgIpc) is 3.47. The Morgan fingerprint density at radius 2 is 1.78 bits per heavy atom. The molecule has 0 spiro atoms. The van der Waals surface area contributed by atoms with Crippen LogP contribution < -0.4 is 14.2 Å². The maximum atomic E-state index is 14.5. The number of aliphatic hydroxyl groups is 1. The number of halogens is 2. The smallest absolute Gasteiger partial charge is 0.243 e. The number of ether oxygens (including phenoxy) is 2. The van der Waals surface area contributed by atoms with Crippen molar-refractivity contribution in [2.75, 3.05) is 18.9 Å². The van der Waals surface area contributed by atoms with Gasteiger partial charge >= 0.3 is 0 Å². The number of sulfonamides is 1. The zero-order valence-corrected chi connectivity index (χ0v) is 22.7. The van der Waals surface area contributed by atoms with E-state index in [-0.39, 0.29) is 17.3 Å². The van der Waals surface area contributed by atoms with Crippen LogP contribution in [-0.4, -0.2) is 47.8 Å². The normalized spacial score (nSPS) is 13.3. The maximum absolute atomic E-state index is 14.5. The molecule has 2 aromatic heterocycles. The second-order valence-electron chi connectivity index (χ2n) is 8.07. The highest BCUT2D eigenvalue weighted by atomic mass is 79.9.